The summed E-state index contributed by atoms with van der Waals surface area (Å²) in [5, 5.41) is 0. The third-order valence-corrected chi connectivity index (χ3v) is 5.32. The van der Waals surface area contributed by atoms with E-state index < -0.39 is 0 Å². The molecule has 0 heterocycles. The first-order chi connectivity index (χ1) is 9.11. The Morgan fingerprint density at radius 3 is 2.37 bits per heavy atom. The smallest absolute Gasteiger partial charge is 0.0141 e. The number of hydrogen-bond donors (Lipinski definition) is 1. The van der Waals surface area contributed by atoms with Gasteiger partial charge in [-0.15, -0.1) is 0 Å². The van der Waals surface area contributed by atoms with E-state index in [1.54, 1.807) is 0 Å². The van der Waals surface area contributed by atoms with Gasteiger partial charge in [-0.3, -0.25) is 4.90 Å². The van der Waals surface area contributed by atoms with Gasteiger partial charge in [-0.2, -0.15) is 0 Å². The minimum Gasteiger partial charge on any atom is -0.330 e. The summed E-state index contributed by atoms with van der Waals surface area (Å²) in [7, 11) is 0. The van der Waals surface area contributed by atoms with E-state index >= 15 is 0 Å². The largest absolute Gasteiger partial charge is 0.330 e. The molecule has 2 saturated carbocycles. The zero-order chi connectivity index (χ0) is 13.8. The van der Waals surface area contributed by atoms with E-state index in [1.165, 1.54) is 51.5 Å². The lowest BCUT2D eigenvalue weighted by Crippen LogP contribution is -2.51. The van der Waals surface area contributed by atoms with E-state index in [0.29, 0.717) is 0 Å². The molecule has 2 aliphatic rings. The molecule has 0 aromatic carbocycles. The minimum atomic E-state index is 0.746. The third-order valence-electron chi connectivity index (χ3n) is 5.32. The van der Waals surface area contributed by atoms with E-state index in [2.05, 4.69) is 25.7 Å². The standard InChI is InChI=1S/C17H34N2/c1-13(2)12-19(16-6-4-5-7-16)17-10-14(3)8-9-15(17)11-18/h13-17H,4-12,18H2,1-3H3. The maximum absolute atomic E-state index is 6.08. The van der Waals surface area contributed by atoms with Gasteiger partial charge >= 0.3 is 0 Å². The molecule has 0 aromatic heterocycles. The van der Waals surface area contributed by atoms with Gasteiger partial charge in [0.1, 0.15) is 0 Å². The van der Waals surface area contributed by atoms with Gasteiger partial charge < -0.3 is 5.73 Å². The van der Waals surface area contributed by atoms with Gasteiger partial charge in [-0.1, -0.05) is 40.0 Å². The van der Waals surface area contributed by atoms with Crippen molar-refractivity contribution in [2.75, 3.05) is 13.1 Å². The lowest BCUT2D eigenvalue weighted by Gasteiger charge is -2.45. The Bertz CT molecular complexity index is 258. The summed E-state index contributed by atoms with van der Waals surface area (Å²) < 4.78 is 0. The van der Waals surface area contributed by atoms with Crippen molar-refractivity contribution < 1.29 is 0 Å². The summed E-state index contributed by atoms with van der Waals surface area (Å²) in [6.07, 6.45) is 9.85. The van der Waals surface area contributed by atoms with Crippen LogP contribution in [0.15, 0.2) is 0 Å². The molecule has 2 N–H and O–H groups in total. The number of nitrogens with two attached hydrogens (primary N) is 1. The summed E-state index contributed by atoms with van der Waals surface area (Å²) in [6, 6.07) is 1.62. The predicted molar refractivity (Wildman–Crippen MR) is 83.1 cm³/mol. The first-order valence-corrected chi connectivity index (χ1v) is 8.57. The summed E-state index contributed by atoms with van der Waals surface area (Å²) >= 11 is 0. The highest BCUT2D eigenvalue weighted by atomic mass is 15.2. The van der Waals surface area contributed by atoms with Crippen LogP contribution in [0.1, 0.15) is 65.7 Å². The van der Waals surface area contributed by atoms with E-state index in [0.717, 1.165) is 36.4 Å². The van der Waals surface area contributed by atoms with Crippen LogP contribution >= 0.6 is 0 Å². The highest BCUT2D eigenvalue weighted by Crippen LogP contribution is 2.36. The molecule has 112 valence electrons. The van der Waals surface area contributed by atoms with Crippen molar-refractivity contribution in [3.05, 3.63) is 0 Å². The Morgan fingerprint density at radius 2 is 1.79 bits per heavy atom. The predicted octanol–water partition coefficient (Wildman–Crippen LogP) is 3.65. The fourth-order valence-corrected chi connectivity index (χ4v) is 4.31. The molecule has 2 heteroatoms. The van der Waals surface area contributed by atoms with E-state index in [4.69, 9.17) is 5.73 Å². The van der Waals surface area contributed by atoms with Gasteiger partial charge in [0.2, 0.25) is 0 Å². The Balaban J connectivity index is 2.09. The molecule has 19 heavy (non-hydrogen) atoms. The molecule has 0 bridgehead atoms. The molecule has 0 saturated heterocycles. The third kappa shape index (κ3) is 3.95. The lowest BCUT2D eigenvalue weighted by atomic mass is 9.77. The van der Waals surface area contributed by atoms with Crippen LogP contribution in [0.3, 0.4) is 0 Å². The maximum atomic E-state index is 6.08. The van der Waals surface area contributed by atoms with E-state index in [-0.39, 0.29) is 0 Å². The molecule has 2 fully saturated rings. The van der Waals surface area contributed by atoms with Crippen molar-refractivity contribution in [2.45, 2.75) is 77.8 Å². The molecule has 0 radical (unpaired) electrons. The van der Waals surface area contributed by atoms with Crippen LogP contribution in [0.5, 0.6) is 0 Å². The van der Waals surface area contributed by atoms with E-state index in [9.17, 15) is 0 Å². The van der Waals surface area contributed by atoms with Gasteiger partial charge in [0.25, 0.3) is 0 Å². The normalized spacial score (nSPS) is 33.5. The fraction of sp³-hybridized carbons (Fsp3) is 1.00. The second kappa shape index (κ2) is 7.08. The molecule has 0 aliphatic heterocycles. The van der Waals surface area contributed by atoms with E-state index in [1.807, 2.05) is 0 Å². The molecule has 0 spiro atoms. The first-order valence-electron chi connectivity index (χ1n) is 8.57. The van der Waals surface area contributed by atoms with Gasteiger partial charge in [-0.25, -0.2) is 0 Å². The van der Waals surface area contributed by atoms with Crippen LogP contribution in [-0.2, 0) is 0 Å². The Labute approximate surface area is 120 Å². The SMILES string of the molecule is CC(C)CN(C1CCCC1)C1CC(C)CCC1CN. The fourth-order valence-electron chi connectivity index (χ4n) is 4.31. The molecule has 2 aliphatic carbocycles. The number of nitrogens with zero attached hydrogens (tertiary/aromatic N) is 1. The van der Waals surface area contributed by atoms with Gasteiger partial charge in [0, 0.05) is 18.6 Å². The summed E-state index contributed by atoms with van der Waals surface area (Å²) in [5.74, 6) is 2.41. The van der Waals surface area contributed by atoms with Crippen LogP contribution in [0.4, 0.5) is 0 Å². The lowest BCUT2D eigenvalue weighted by molar-refractivity contribution is 0.0417. The quantitative estimate of drug-likeness (QED) is 0.823. The molecule has 2 rings (SSSR count). The van der Waals surface area contributed by atoms with Gasteiger partial charge in [0.05, 0.1) is 0 Å². The number of rotatable bonds is 5. The van der Waals surface area contributed by atoms with Crippen LogP contribution in [0, 0.1) is 17.8 Å². The second-order valence-electron chi connectivity index (χ2n) is 7.51. The topological polar surface area (TPSA) is 29.3 Å². The summed E-state index contributed by atoms with van der Waals surface area (Å²) in [6.45, 7) is 9.33. The minimum absolute atomic E-state index is 0.746. The average Bonchev–Trinajstić information content (AvgIpc) is 2.89. The monoisotopic (exact) mass is 266 g/mol. The van der Waals surface area contributed by atoms with Gasteiger partial charge in [-0.05, 0) is 50.0 Å². The molecule has 2 nitrogen and oxygen atoms in total. The molecule has 3 unspecified atom stereocenters. The summed E-state index contributed by atoms with van der Waals surface area (Å²) in [4.78, 5) is 2.88. The highest BCUT2D eigenvalue weighted by molar-refractivity contribution is 4.91. The highest BCUT2D eigenvalue weighted by Gasteiger charge is 2.36. The van der Waals surface area contributed by atoms with Crippen molar-refractivity contribution in [3.63, 3.8) is 0 Å². The average molecular weight is 266 g/mol. The Hall–Kier alpha value is -0.0800. The van der Waals surface area contributed by atoms with Crippen molar-refractivity contribution >= 4 is 0 Å². The summed E-state index contributed by atoms with van der Waals surface area (Å²) in [5.41, 5.74) is 6.08. The molecule has 0 amide bonds. The van der Waals surface area contributed by atoms with Crippen LogP contribution in [0.2, 0.25) is 0 Å². The second-order valence-corrected chi connectivity index (χ2v) is 7.51. The number of hydrogen-bond acceptors (Lipinski definition) is 2. The van der Waals surface area contributed by atoms with Crippen molar-refractivity contribution in [3.8, 4) is 0 Å². The maximum Gasteiger partial charge on any atom is 0.0141 e. The molecular weight excluding hydrogens is 232 g/mol. The van der Waals surface area contributed by atoms with Crippen LogP contribution in [0.25, 0.3) is 0 Å². The van der Waals surface area contributed by atoms with Crippen LogP contribution in [-0.4, -0.2) is 30.1 Å². The first kappa shape index (κ1) is 15.3. The Kier molecular flexibility index (Phi) is 5.70. The Morgan fingerprint density at radius 1 is 1.11 bits per heavy atom. The van der Waals surface area contributed by atoms with Crippen LogP contribution < -0.4 is 5.73 Å². The molecular formula is C17H34N2. The van der Waals surface area contributed by atoms with Crippen molar-refractivity contribution in [1.29, 1.82) is 0 Å². The molecule has 3 atom stereocenters. The zero-order valence-corrected chi connectivity index (χ0v) is 13.3. The van der Waals surface area contributed by atoms with Crippen molar-refractivity contribution in [1.82, 2.24) is 4.90 Å². The van der Waals surface area contributed by atoms with Crippen molar-refractivity contribution in [2.24, 2.45) is 23.5 Å². The zero-order valence-electron chi connectivity index (χ0n) is 13.3. The molecule has 0 aromatic rings. The van der Waals surface area contributed by atoms with Gasteiger partial charge in [0.15, 0.2) is 0 Å².